The van der Waals surface area contributed by atoms with Gasteiger partial charge in [0.05, 0.1) is 10.6 Å². The number of halogens is 5. The number of rotatable bonds is 6. The van der Waals surface area contributed by atoms with Crippen LogP contribution in [0.3, 0.4) is 0 Å². The number of aromatic nitrogens is 2. The molecule has 0 radical (unpaired) electrons. The Kier molecular flexibility index (Phi) is 7.35. The molecule has 180 valence electrons. The fourth-order valence-corrected chi connectivity index (χ4v) is 4.00. The smallest absolute Gasteiger partial charge is 0.416 e. The Labute approximate surface area is 204 Å². The Bertz CT molecular complexity index is 1160. The number of carbonyl (C=O) groups excluding carboxylic acids is 1. The second kappa shape index (κ2) is 10.2. The van der Waals surface area contributed by atoms with E-state index in [1.807, 2.05) is 4.90 Å². The van der Waals surface area contributed by atoms with Gasteiger partial charge in [0.15, 0.2) is 12.4 Å². The summed E-state index contributed by atoms with van der Waals surface area (Å²) in [7, 11) is 0. The van der Waals surface area contributed by atoms with Crippen molar-refractivity contribution in [1.82, 2.24) is 19.6 Å². The third-order valence-electron chi connectivity index (χ3n) is 5.45. The molecule has 0 atom stereocenters. The molecule has 1 fully saturated rings. The minimum absolute atomic E-state index is 0.0537. The molecule has 0 N–H and O–H groups in total. The summed E-state index contributed by atoms with van der Waals surface area (Å²) in [5.74, 6) is 0.202. The molecule has 1 aliphatic rings. The highest BCUT2D eigenvalue weighted by molar-refractivity contribution is 6.42. The summed E-state index contributed by atoms with van der Waals surface area (Å²) in [4.78, 5) is 16.5. The Balaban J connectivity index is 1.29. The van der Waals surface area contributed by atoms with Gasteiger partial charge in [-0.15, -0.1) is 0 Å². The molecule has 0 saturated carbocycles. The maximum atomic E-state index is 12.9. The van der Waals surface area contributed by atoms with Gasteiger partial charge in [-0.25, -0.2) is 4.68 Å². The normalized spacial score (nSPS) is 14.9. The number of benzene rings is 2. The maximum Gasteiger partial charge on any atom is 0.416 e. The van der Waals surface area contributed by atoms with Gasteiger partial charge in [-0.05, 0) is 29.8 Å². The molecule has 0 unspecified atom stereocenters. The molecule has 11 heteroatoms. The minimum atomic E-state index is -4.37. The van der Waals surface area contributed by atoms with Gasteiger partial charge in [0.25, 0.3) is 5.91 Å². The third-order valence-corrected chi connectivity index (χ3v) is 6.25. The second-order valence-electron chi connectivity index (χ2n) is 7.83. The Morgan fingerprint density at radius 1 is 1.03 bits per heavy atom. The fraction of sp³-hybridized carbons (Fsp3) is 0.304. The van der Waals surface area contributed by atoms with Crippen LogP contribution in [0.4, 0.5) is 13.2 Å². The monoisotopic (exact) mass is 512 g/mol. The van der Waals surface area contributed by atoms with Gasteiger partial charge in [0.2, 0.25) is 0 Å². The summed E-state index contributed by atoms with van der Waals surface area (Å²) in [6.07, 6.45) is -2.73. The van der Waals surface area contributed by atoms with Crippen molar-refractivity contribution in [2.45, 2.75) is 19.5 Å². The van der Waals surface area contributed by atoms with Gasteiger partial charge in [-0.3, -0.25) is 9.69 Å². The van der Waals surface area contributed by atoms with Crippen LogP contribution >= 0.6 is 23.2 Å². The average molecular weight is 513 g/mol. The quantitative estimate of drug-likeness (QED) is 0.455. The van der Waals surface area contributed by atoms with Crippen LogP contribution in [-0.2, 0) is 19.5 Å². The molecule has 4 rings (SSSR count). The van der Waals surface area contributed by atoms with E-state index in [9.17, 15) is 18.0 Å². The van der Waals surface area contributed by atoms with Crippen molar-refractivity contribution in [3.8, 4) is 5.75 Å². The first-order valence-corrected chi connectivity index (χ1v) is 11.2. The number of alkyl halides is 3. The number of nitrogens with zero attached hydrogens (tertiary/aromatic N) is 4. The first-order chi connectivity index (χ1) is 16.2. The van der Waals surface area contributed by atoms with E-state index in [1.54, 1.807) is 41.4 Å². The predicted octanol–water partition coefficient (Wildman–Crippen LogP) is 5.20. The highest BCUT2D eigenvalue weighted by atomic mass is 35.5. The zero-order valence-electron chi connectivity index (χ0n) is 17.9. The van der Waals surface area contributed by atoms with Crippen molar-refractivity contribution >= 4 is 29.1 Å². The van der Waals surface area contributed by atoms with Crippen molar-refractivity contribution in [3.63, 3.8) is 0 Å². The van der Waals surface area contributed by atoms with Gasteiger partial charge in [0, 0.05) is 38.9 Å². The summed E-state index contributed by atoms with van der Waals surface area (Å²) >= 11 is 12.1. The van der Waals surface area contributed by atoms with E-state index in [2.05, 4.69) is 5.10 Å². The third kappa shape index (κ3) is 5.84. The summed E-state index contributed by atoms with van der Waals surface area (Å²) in [5, 5.41) is 4.96. The van der Waals surface area contributed by atoms with Crippen LogP contribution in [0.25, 0.3) is 0 Å². The lowest BCUT2D eigenvalue weighted by atomic mass is 10.1. The molecule has 3 aromatic rings. The molecule has 2 heterocycles. The van der Waals surface area contributed by atoms with Crippen LogP contribution < -0.4 is 4.74 Å². The summed E-state index contributed by atoms with van der Waals surface area (Å²) < 4.78 is 45.9. The van der Waals surface area contributed by atoms with Gasteiger partial charge in [-0.1, -0.05) is 47.5 Å². The Hall–Kier alpha value is -2.75. The standard InChI is InChI=1S/C23H21Cl2F3N4O2/c24-18-5-2-6-20(21(18)25)34-15-32-8-7-19(29-32)22(33)31-11-9-30(10-12-31)14-16-3-1-4-17(13-16)23(26,27)28/h1-8,13H,9-12,14-15H2. The highest BCUT2D eigenvalue weighted by Crippen LogP contribution is 2.32. The van der Waals surface area contributed by atoms with Crippen LogP contribution in [0.5, 0.6) is 5.75 Å². The summed E-state index contributed by atoms with van der Waals surface area (Å²) in [6.45, 7) is 2.47. The molecule has 0 bridgehead atoms. The van der Waals surface area contributed by atoms with E-state index in [1.165, 1.54) is 16.8 Å². The molecule has 1 amide bonds. The lowest BCUT2D eigenvalue weighted by molar-refractivity contribution is -0.137. The van der Waals surface area contributed by atoms with Crippen LogP contribution in [0.2, 0.25) is 10.0 Å². The van der Waals surface area contributed by atoms with Crippen LogP contribution in [-0.4, -0.2) is 51.7 Å². The van der Waals surface area contributed by atoms with Gasteiger partial charge in [0.1, 0.15) is 10.8 Å². The van der Waals surface area contributed by atoms with E-state index in [0.29, 0.717) is 54.1 Å². The Morgan fingerprint density at radius 3 is 2.50 bits per heavy atom. The lowest BCUT2D eigenvalue weighted by Gasteiger charge is -2.34. The van der Waals surface area contributed by atoms with Crippen molar-refractivity contribution < 1.29 is 22.7 Å². The van der Waals surface area contributed by atoms with E-state index in [4.69, 9.17) is 27.9 Å². The van der Waals surface area contributed by atoms with E-state index < -0.39 is 11.7 Å². The van der Waals surface area contributed by atoms with E-state index >= 15 is 0 Å². The van der Waals surface area contributed by atoms with E-state index in [0.717, 1.165) is 6.07 Å². The molecular formula is C23H21Cl2F3N4O2. The fourth-order valence-electron chi connectivity index (χ4n) is 3.65. The molecule has 1 aliphatic heterocycles. The first-order valence-electron chi connectivity index (χ1n) is 10.5. The summed E-state index contributed by atoms with van der Waals surface area (Å²) in [6, 6.07) is 12.0. The van der Waals surface area contributed by atoms with Crippen molar-refractivity contribution in [3.05, 3.63) is 81.6 Å². The molecule has 6 nitrogen and oxygen atoms in total. The van der Waals surface area contributed by atoms with Crippen LogP contribution in [0.1, 0.15) is 21.6 Å². The largest absolute Gasteiger partial charge is 0.470 e. The molecular weight excluding hydrogens is 492 g/mol. The topological polar surface area (TPSA) is 50.6 Å². The van der Waals surface area contributed by atoms with Gasteiger partial charge in [-0.2, -0.15) is 18.3 Å². The minimum Gasteiger partial charge on any atom is -0.470 e. The van der Waals surface area contributed by atoms with Crippen molar-refractivity contribution in [2.24, 2.45) is 0 Å². The molecule has 2 aromatic carbocycles. The first kappa shape index (κ1) is 24.4. The van der Waals surface area contributed by atoms with Gasteiger partial charge < -0.3 is 9.64 Å². The Morgan fingerprint density at radius 2 is 1.76 bits per heavy atom. The number of amides is 1. The molecule has 0 spiro atoms. The van der Waals surface area contributed by atoms with Crippen LogP contribution in [0, 0.1) is 0 Å². The van der Waals surface area contributed by atoms with E-state index in [-0.39, 0.29) is 18.3 Å². The predicted molar refractivity (Wildman–Crippen MR) is 122 cm³/mol. The molecule has 1 aromatic heterocycles. The maximum absolute atomic E-state index is 12.9. The zero-order chi connectivity index (χ0) is 24.3. The number of carbonyl (C=O) groups is 1. The average Bonchev–Trinajstić information content (AvgIpc) is 3.29. The molecule has 34 heavy (non-hydrogen) atoms. The SMILES string of the molecule is O=C(c1ccn(COc2cccc(Cl)c2Cl)n1)N1CCN(Cc2cccc(C(F)(F)F)c2)CC1. The number of piperazine rings is 1. The molecule has 1 saturated heterocycles. The number of hydrogen-bond donors (Lipinski definition) is 0. The van der Waals surface area contributed by atoms with Crippen molar-refractivity contribution in [1.29, 1.82) is 0 Å². The molecule has 0 aliphatic carbocycles. The van der Waals surface area contributed by atoms with Crippen LogP contribution in [0.15, 0.2) is 54.7 Å². The number of hydrogen-bond acceptors (Lipinski definition) is 4. The zero-order valence-corrected chi connectivity index (χ0v) is 19.4. The number of ether oxygens (including phenoxy) is 1. The second-order valence-corrected chi connectivity index (χ2v) is 8.62. The lowest BCUT2D eigenvalue weighted by Crippen LogP contribution is -2.48. The highest BCUT2D eigenvalue weighted by Gasteiger charge is 2.30. The summed E-state index contributed by atoms with van der Waals surface area (Å²) in [5.41, 5.74) is 0.219. The van der Waals surface area contributed by atoms with Crippen molar-refractivity contribution in [2.75, 3.05) is 26.2 Å². The van der Waals surface area contributed by atoms with Gasteiger partial charge >= 0.3 is 6.18 Å².